The molecule has 0 saturated carbocycles. The zero-order valence-electron chi connectivity index (χ0n) is 10.2. The highest BCUT2D eigenvalue weighted by atomic mass is 31.2. The summed E-state index contributed by atoms with van der Waals surface area (Å²) >= 11 is 0. The quantitative estimate of drug-likeness (QED) is 0.743. The molecule has 0 bridgehead atoms. The highest BCUT2D eigenvalue weighted by Crippen LogP contribution is 2.35. The van der Waals surface area contributed by atoms with Gasteiger partial charge in [-0.1, -0.05) is 0 Å². The van der Waals surface area contributed by atoms with E-state index >= 15 is 0 Å². The van der Waals surface area contributed by atoms with Crippen LogP contribution in [0.15, 0.2) is 21.9 Å². The lowest BCUT2D eigenvalue weighted by Gasteiger charge is -2.22. The van der Waals surface area contributed by atoms with Crippen LogP contribution in [-0.4, -0.2) is 18.9 Å². The minimum Gasteiger partial charge on any atom is -0.303 e. The molecule has 0 aliphatic carbocycles. The van der Waals surface area contributed by atoms with Crippen LogP contribution in [0.25, 0.3) is 0 Å². The van der Waals surface area contributed by atoms with E-state index in [1.807, 2.05) is 0 Å². The Morgan fingerprint density at radius 1 is 1.33 bits per heavy atom. The standard InChI is InChI=1S/C9H15N2O6P/c1-9(2,3)11-5-4-7(12)10(8(11)13)6-17-18(14,15)16/h4-5H,6H2,1-3H3,(H2,14,15,16). The number of hydrogen-bond acceptors (Lipinski definition) is 4. The Morgan fingerprint density at radius 2 is 1.89 bits per heavy atom. The predicted octanol–water partition coefficient (Wildman–Crippen LogP) is -0.168. The fourth-order valence-electron chi connectivity index (χ4n) is 1.28. The second kappa shape index (κ2) is 4.81. The van der Waals surface area contributed by atoms with Gasteiger partial charge in [-0.3, -0.25) is 13.9 Å². The Kier molecular flexibility index (Phi) is 3.97. The molecule has 18 heavy (non-hydrogen) atoms. The molecule has 0 unspecified atom stereocenters. The maximum absolute atomic E-state index is 11.9. The SMILES string of the molecule is CC(C)(C)n1ccc(=O)n(COP(=O)(O)O)c1=O. The van der Waals surface area contributed by atoms with Crippen molar-refractivity contribution in [3.63, 3.8) is 0 Å². The van der Waals surface area contributed by atoms with Crippen molar-refractivity contribution in [2.45, 2.75) is 33.0 Å². The van der Waals surface area contributed by atoms with Crippen molar-refractivity contribution in [2.75, 3.05) is 0 Å². The van der Waals surface area contributed by atoms with E-state index < -0.39 is 31.3 Å². The van der Waals surface area contributed by atoms with Gasteiger partial charge in [-0.15, -0.1) is 0 Å². The fourth-order valence-corrected chi connectivity index (χ4v) is 1.54. The van der Waals surface area contributed by atoms with Gasteiger partial charge in [0.1, 0.15) is 6.73 Å². The minimum absolute atomic E-state index is 0.561. The summed E-state index contributed by atoms with van der Waals surface area (Å²) in [6.45, 7) is 4.48. The lowest BCUT2D eigenvalue weighted by Crippen LogP contribution is -2.44. The Balaban J connectivity index is 3.25. The van der Waals surface area contributed by atoms with Crippen LogP contribution in [0.4, 0.5) is 0 Å². The zero-order chi connectivity index (χ0) is 14.1. The van der Waals surface area contributed by atoms with Crippen LogP contribution in [0.1, 0.15) is 20.8 Å². The van der Waals surface area contributed by atoms with Crippen LogP contribution in [0.3, 0.4) is 0 Å². The van der Waals surface area contributed by atoms with Crippen molar-refractivity contribution in [3.05, 3.63) is 33.1 Å². The molecule has 0 aromatic carbocycles. The minimum atomic E-state index is -4.73. The van der Waals surface area contributed by atoms with Gasteiger partial charge in [0.15, 0.2) is 0 Å². The molecule has 1 aromatic rings. The summed E-state index contributed by atoms with van der Waals surface area (Å²) in [6.07, 6.45) is 1.33. The number of aromatic nitrogens is 2. The third kappa shape index (κ3) is 3.64. The van der Waals surface area contributed by atoms with Crippen LogP contribution in [-0.2, 0) is 21.4 Å². The lowest BCUT2D eigenvalue weighted by molar-refractivity contribution is 0.145. The second-order valence-corrected chi connectivity index (χ2v) is 5.89. The van der Waals surface area contributed by atoms with E-state index in [-0.39, 0.29) is 0 Å². The van der Waals surface area contributed by atoms with Crippen LogP contribution in [0.5, 0.6) is 0 Å². The van der Waals surface area contributed by atoms with E-state index in [4.69, 9.17) is 9.79 Å². The summed E-state index contributed by atoms with van der Waals surface area (Å²) < 4.78 is 16.6. The first-order valence-electron chi connectivity index (χ1n) is 5.05. The molecule has 0 spiro atoms. The average Bonchev–Trinajstić information content (AvgIpc) is 2.13. The number of phosphoric ester groups is 1. The smallest absolute Gasteiger partial charge is 0.303 e. The highest BCUT2D eigenvalue weighted by Gasteiger charge is 2.19. The molecule has 9 heteroatoms. The molecule has 0 fully saturated rings. The largest absolute Gasteiger partial charge is 0.471 e. The Labute approximate surface area is 103 Å². The van der Waals surface area contributed by atoms with Crippen molar-refractivity contribution in [2.24, 2.45) is 0 Å². The second-order valence-electron chi connectivity index (χ2n) is 4.65. The van der Waals surface area contributed by atoms with Crippen molar-refractivity contribution in [3.8, 4) is 0 Å². The van der Waals surface area contributed by atoms with E-state index in [0.29, 0.717) is 4.57 Å². The molecule has 0 aliphatic heterocycles. The molecule has 0 radical (unpaired) electrons. The van der Waals surface area contributed by atoms with Crippen molar-refractivity contribution in [1.82, 2.24) is 9.13 Å². The molecular weight excluding hydrogens is 263 g/mol. The van der Waals surface area contributed by atoms with Gasteiger partial charge in [0.2, 0.25) is 0 Å². The van der Waals surface area contributed by atoms with Crippen LogP contribution in [0, 0.1) is 0 Å². The van der Waals surface area contributed by atoms with E-state index in [1.165, 1.54) is 10.8 Å². The summed E-state index contributed by atoms with van der Waals surface area (Å²) in [5, 5.41) is 0. The third-order valence-electron chi connectivity index (χ3n) is 2.15. The van der Waals surface area contributed by atoms with Gasteiger partial charge in [-0.2, -0.15) is 0 Å². The first-order chi connectivity index (χ1) is 8.02. The van der Waals surface area contributed by atoms with Gasteiger partial charge >= 0.3 is 13.5 Å². The van der Waals surface area contributed by atoms with E-state index in [1.54, 1.807) is 20.8 Å². The molecule has 0 aliphatic rings. The van der Waals surface area contributed by atoms with E-state index in [2.05, 4.69) is 4.52 Å². The highest BCUT2D eigenvalue weighted by molar-refractivity contribution is 7.46. The molecular formula is C9H15N2O6P. The average molecular weight is 278 g/mol. The topological polar surface area (TPSA) is 111 Å². The summed E-state index contributed by atoms with van der Waals surface area (Å²) in [5.41, 5.74) is -1.94. The van der Waals surface area contributed by atoms with Crippen LogP contribution < -0.4 is 11.2 Å². The Bertz CT molecular complexity index is 590. The van der Waals surface area contributed by atoms with Crippen molar-refractivity contribution >= 4 is 7.82 Å². The normalized spacial score (nSPS) is 12.7. The summed E-state index contributed by atoms with van der Waals surface area (Å²) in [4.78, 5) is 40.5. The molecule has 1 aromatic heterocycles. The van der Waals surface area contributed by atoms with Crippen LogP contribution >= 0.6 is 7.82 Å². The summed E-state index contributed by atoms with van der Waals surface area (Å²) in [5.74, 6) is 0. The lowest BCUT2D eigenvalue weighted by atomic mass is 10.1. The zero-order valence-corrected chi connectivity index (χ0v) is 11.1. The van der Waals surface area contributed by atoms with E-state index in [0.717, 1.165) is 6.07 Å². The molecule has 8 nitrogen and oxygen atoms in total. The van der Waals surface area contributed by atoms with Gasteiger partial charge < -0.3 is 9.79 Å². The molecule has 0 atom stereocenters. The van der Waals surface area contributed by atoms with Gasteiger partial charge in [0.05, 0.1) is 0 Å². The molecule has 2 N–H and O–H groups in total. The first kappa shape index (κ1) is 14.8. The number of phosphoric acid groups is 1. The first-order valence-corrected chi connectivity index (χ1v) is 6.58. The summed E-state index contributed by atoms with van der Waals surface area (Å²) in [7, 11) is -4.73. The fraction of sp³-hybridized carbons (Fsp3) is 0.556. The van der Waals surface area contributed by atoms with Crippen molar-refractivity contribution in [1.29, 1.82) is 0 Å². The Morgan fingerprint density at radius 3 is 2.33 bits per heavy atom. The van der Waals surface area contributed by atoms with Gasteiger partial charge in [0.25, 0.3) is 5.56 Å². The van der Waals surface area contributed by atoms with Gasteiger partial charge in [0, 0.05) is 17.8 Å². The molecule has 0 saturated heterocycles. The molecule has 102 valence electrons. The number of hydrogen-bond donors (Lipinski definition) is 2. The predicted molar refractivity (Wildman–Crippen MR) is 63.1 cm³/mol. The van der Waals surface area contributed by atoms with Gasteiger partial charge in [-0.25, -0.2) is 13.9 Å². The Hall–Kier alpha value is -1.21. The maximum atomic E-state index is 11.9. The molecule has 1 heterocycles. The van der Waals surface area contributed by atoms with Crippen molar-refractivity contribution < 1.29 is 18.9 Å². The maximum Gasteiger partial charge on any atom is 0.471 e. The number of nitrogens with zero attached hydrogens (tertiary/aromatic N) is 2. The monoisotopic (exact) mass is 278 g/mol. The van der Waals surface area contributed by atoms with E-state index in [9.17, 15) is 14.2 Å². The van der Waals surface area contributed by atoms with Crippen LogP contribution in [0.2, 0.25) is 0 Å². The third-order valence-corrected chi connectivity index (χ3v) is 2.60. The number of rotatable bonds is 3. The molecule has 1 rings (SSSR count). The summed E-state index contributed by atoms with van der Waals surface area (Å²) in [6, 6.07) is 1.13. The molecule has 0 amide bonds. The van der Waals surface area contributed by atoms with Gasteiger partial charge in [-0.05, 0) is 20.8 Å².